The van der Waals surface area contributed by atoms with Crippen molar-refractivity contribution < 1.29 is 14.7 Å². The maximum Gasteiger partial charge on any atom is 0.335 e. The lowest BCUT2D eigenvalue weighted by Crippen LogP contribution is -2.33. The van der Waals surface area contributed by atoms with Crippen LogP contribution < -0.4 is 0 Å². The van der Waals surface area contributed by atoms with Gasteiger partial charge in [-0.2, -0.15) is 0 Å². The van der Waals surface area contributed by atoms with E-state index in [1.54, 1.807) is 12.1 Å². The van der Waals surface area contributed by atoms with E-state index in [4.69, 9.17) is 5.11 Å². The molecule has 3 rings (SSSR count). The van der Waals surface area contributed by atoms with E-state index >= 15 is 0 Å². The van der Waals surface area contributed by atoms with Gasteiger partial charge in [-0.15, -0.1) is 0 Å². The van der Waals surface area contributed by atoms with Crippen molar-refractivity contribution in [3.63, 3.8) is 0 Å². The molecule has 1 saturated heterocycles. The summed E-state index contributed by atoms with van der Waals surface area (Å²) in [6.45, 7) is 2.77. The third-order valence-corrected chi connectivity index (χ3v) is 5.26. The van der Waals surface area contributed by atoms with Gasteiger partial charge in [-0.3, -0.25) is 4.79 Å². The number of aromatic carboxylic acids is 1. The van der Waals surface area contributed by atoms with Crippen LogP contribution in [0.25, 0.3) is 0 Å². The van der Waals surface area contributed by atoms with Gasteiger partial charge in [-0.1, -0.05) is 54.1 Å². The summed E-state index contributed by atoms with van der Waals surface area (Å²) in [6, 6.07) is 15.6. The summed E-state index contributed by atoms with van der Waals surface area (Å²) in [4.78, 5) is 25.1. The molecular formula is C24H27NO3. The minimum absolute atomic E-state index is 0.170. The second-order valence-corrected chi connectivity index (χ2v) is 7.40. The number of carbonyl (C=O) groups excluding carboxylic acids is 1. The Morgan fingerprint density at radius 2 is 1.93 bits per heavy atom. The average molecular weight is 377 g/mol. The Balaban J connectivity index is 1.51. The summed E-state index contributed by atoms with van der Waals surface area (Å²) < 4.78 is 0. The number of hydrogen-bond donors (Lipinski definition) is 1. The first kappa shape index (κ1) is 19.9. The molecule has 1 N–H and O–H groups in total. The Hall–Kier alpha value is -2.88. The number of carbonyl (C=O) groups is 2. The molecule has 0 saturated carbocycles. The molecule has 28 heavy (non-hydrogen) atoms. The highest BCUT2D eigenvalue weighted by Gasteiger charge is 2.28. The SMILES string of the molecule is Cc1cccc(CC/C=C/[C@H]2CCC(=O)N2CCc2ccc(C(=O)O)cc2)c1. The Kier molecular flexibility index (Phi) is 6.64. The van der Waals surface area contributed by atoms with Crippen molar-refractivity contribution in [1.29, 1.82) is 0 Å². The first-order chi connectivity index (χ1) is 13.5. The molecule has 4 heteroatoms. The van der Waals surface area contributed by atoms with E-state index < -0.39 is 5.97 Å². The number of hydrogen-bond acceptors (Lipinski definition) is 2. The molecule has 0 spiro atoms. The molecule has 1 heterocycles. The fourth-order valence-corrected chi connectivity index (χ4v) is 3.68. The summed E-state index contributed by atoms with van der Waals surface area (Å²) in [5.41, 5.74) is 3.96. The topological polar surface area (TPSA) is 57.6 Å². The van der Waals surface area contributed by atoms with Gasteiger partial charge < -0.3 is 10.0 Å². The lowest BCUT2D eigenvalue weighted by atomic mass is 10.1. The minimum Gasteiger partial charge on any atom is -0.478 e. The Morgan fingerprint density at radius 1 is 1.14 bits per heavy atom. The van der Waals surface area contributed by atoms with E-state index in [1.807, 2.05) is 17.0 Å². The van der Waals surface area contributed by atoms with Gasteiger partial charge in [0.15, 0.2) is 0 Å². The summed E-state index contributed by atoms with van der Waals surface area (Å²) >= 11 is 0. The molecule has 1 amide bonds. The molecule has 0 radical (unpaired) electrons. The summed E-state index contributed by atoms with van der Waals surface area (Å²) in [5.74, 6) is -0.715. The summed E-state index contributed by atoms with van der Waals surface area (Å²) in [5, 5.41) is 8.98. The van der Waals surface area contributed by atoms with Crippen LogP contribution in [0.3, 0.4) is 0 Å². The summed E-state index contributed by atoms with van der Waals surface area (Å²) in [6.07, 6.45) is 8.56. The van der Waals surface area contributed by atoms with Crippen molar-refractivity contribution >= 4 is 11.9 Å². The largest absolute Gasteiger partial charge is 0.478 e. The fourth-order valence-electron chi connectivity index (χ4n) is 3.68. The molecule has 0 unspecified atom stereocenters. The van der Waals surface area contributed by atoms with E-state index in [0.717, 1.165) is 31.2 Å². The van der Waals surface area contributed by atoms with E-state index in [0.29, 0.717) is 13.0 Å². The minimum atomic E-state index is -0.919. The number of allylic oxidation sites excluding steroid dienone is 1. The molecule has 0 aliphatic carbocycles. The molecule has 4 nitrogen and oxygen atoms in total. The van der Waals surface area contributed by atoms with Crippen LogP contribution in [0.1, 0.15) is 46.3 Å². The quantitative estimate of drug-likeness (QED) is 0.693. The van der Waals surface area contributed by atoms with Crippen LogP contribution in [0.15, 0.2) is 60.7 Å². The van der Waals surface area contributed by atoms with Gasteiger partial charge in [0.2, 0.25) is 5.91 Å². The number of carboxylic acids is 1. The maximum atomic E-state index is 12.3. The lowest BCUT2D eigenvalue weighted by Gasteiger charge is -2.22. The monoisotopic (exact) mass is 377 g/mol. The van der Waals surface area contributed by atoms with E-state index in [9.17, 15) is 9.59 Å². The average Bonchev–Trinajstić information content (AvgIpc) is 3.03. The molecular weight excluding hydrogens is 350 g/mol. The second kappa shape index (κ2) is 9.36. The molecule has 2 aromatic carbocycles. The Labute approximate surface area is 166 Å². The standard InChI is InChI=1S/C24H27NO3/c1-18-5-4-7-20(17-18)6-2-3-8-22-13-14-23(26)25(22)16-15-19-9-11-21(12-10-19)24(27)28/h3-5,7-12,17,22H,2,6,13-16H2,1H3,(H,27,28)/b8-3+/t22-/m0/s1. The highest BCUT2D eigenvalue weighted by Crippen LogP contribution is 2.21. The zero-order valence-electron chi connectivity index (χ0n) is 16.3. The number of likely N-dealkylation sites (tertiary alicyclic amines) is 1. The zero-order valence-corrected chi connectivity index (χ0v) is 16.3. The smallest absolute Gasteiger partial charge is 0.335 e. The Morgan fingerprint density at radius 3 is 2.64 bits per heavy atom. The van der Waals surface area contributed by atoms with Gasteiger partial charge in [-0.05, 0) is 55.9 Å². The number of nitrogens with zero attached hydrogens (tertiary/aromatic N) is 1. The second-order valence-electron chi connectivity index (χ2n) is 7.40. The molecule has 146 valence electrons. The van der Waals surface area contributed by atoms with Crippen LogP contribution >= 0.6 is 0 Å². The molecule has 1 aliphatic heterocycles. The predicted molar refractivity (Wildman–Crippen MR) is 110 cm³/mol. The number of carboxylic acid groups (broad SMARTS) is 1. The Bertz CT molecular complexity index is 854. The highest BCUT2D eigenvalue weighted by atomic mass is 16.4. The molecule has 1 aliphatic rings. The normalized spacial score (nSPS) is 16.8. The molecule has 1 atom stereocenters. The molecule has 0 aromatic heterocycles. The van der Waals surface area contributed by atoms with Gasteiger partial charge in [-0.25, -0.2) is 4.79 Å². The molecule has 2 aromatic rings. The van der Waals surface area contributed by atoms with Gasteiger partial charge in [0.05, 0.1) is 11.6 Å². The van der Waals surface area contributed by atoms with Crippen LogP contribution in [0.2, 0.25) is 0 Å². The van der Waals surface area contributed by atoms with Crippen molar-refractivity contribution in [2.24, 2.45) is 0 Å². The van der Waals surface area contributed by atoms with E-state index in [2.05, 4.69) is 43.3 Å². The molecule has 1 fully saturated rings. The molecule has 0 bridgehead atoms. The summed E-state index contributed by atoms with van der Waals surface area (Å²) in [7, 11) is 0. The third kappa shape index (κ3) is 5.32. The number of benzene rings is 2. The number of rotatable bonds is 8. The van der Waals surface area contributed by atoms with Crippen molar-refractivity contribution in [3.8, 4) is 0 Å². The first-order valence-electron chi connectivity index (χ1n) is 9.87. The van der Waals surface area contributed by atoms with E-state index in [1.165, 1.54) is 11.1 Å². The van der Waals surface area contributed by atoms with Gasteiger partial charge in [0, 0.05) is 13.0 Å². The van der Waals surface area contributed by atoms with Crippen molar-refractivity contribution in [3.05, 3.63) is 82.9 Å². The fraction of sp³-hybridized carbons (Fsp3) is 0.333. The van der Waals surface area contributed by atoms with Crippen molar-refractivity contribution in [1.82, 2.24) is 4.90 Å². The van der Waals surface area contributed by atoms with Crippen molar-refractivity contribution in [2.75, 3.05) is 6.54 Å². The van der Waals surface area contributed by atoms with Gasteiger partial charge >= 0.3 is 5.97 Å². The number of aryl methyl sites for hydroxylation is 2. The van der Waals surface area contributed by atoms with Crippen LogP contribution in [0.5, 0.6) is 0 Å². The zero-order chi connectivity index (χ0) is 19.9. The van der Waals surface area contributed by atoms with Crippen LogP contribution in [0, 0.1) is 6.92 Å². The van der Waals surface area contributed by atoms with Gasteiger partial charge in [0.25, 0.3) is 0 Å². The van der Waals surface area contributed by atoms with Crippen LogP contribution in [-0.4, -0.2) is 34.5 Å². The van der Waals surface area contributed by atoms with Crippen LogP contribution in [-0.2, 0) is 17.6 Å². The van der Waals surface area contributed by atoms with Crippen LogP contribution in [0.4, 0.5) is 0 Å². The third-order valence-electron chi connectivity index (χ3n) is 5.26. The van der Waals surface area contributed by atoms with Crippen molar-refractivity contribution in [2.45, 2.75) is 45.1 Å². The first-order valence-corrected chi connectivity index (χ1v) is 9.87. The lowest BCUT2D eigenvalue weighted by molar-refractivity contribution is -0.128. The number of amides is 1. The predicted octanol–water partition coefficient (Wildman–Crippen LogP) is 4.42. The van der Waals surface area contributed by atoms with Gasteiger partial charge in [0.1, 0.15) is 0 Å². The highest BCUT2D eigenvalue weighted by molar-refractivity contribution is 5.87. The maximum absolute atomic E-state index is 12.3. The van der Waals surface area contributed by atoms with E-state index in [-0.39, 0.29) is 17.5 Å².